The van der Waals surface area contributed by atoms with E-state index in [-0.39, 0.29) is 29.6 Å². The Hall–Kier alpha value is -1.26. The predicted octanol–water partition coefficient (Wildman–Crippen LogP) is 2.55. The molecule has 1 aromatic rings. The van der Waals surface area contributed by atoms with Gasteiger partial charge in [0.1, 0.15) is 11.5 Å². The third-order valence-electron chi connectivity index (χ3n) is 3.32. The molecule has 1 unspecified atom stereocenters. The lowest BCUT2D eigenvalue weighted by Gasteiger charge is -2.27. The van der Waals surface area contributed by atoms with E-state index in [4.69, 9.17) is 5.11 Å². The average molecular weight is 267 g/mol. The SMILES string of the molecule is CC(NCC(C)(C)CCCO)c1cc(O)cc(O)c1. The van der Waals surface area contributed by atoms with Gasteiger partial charge in [0.15, 0.2) is 0 Å². The van der Waals surface area contributed by atoms with Crippen LogP contribution in [0.1, 0.15) is 45.2 Å². The van der Waals surface area contributed by atoms with Gasteiger partial charge in [0.05, 0.1) is 0 Å². The van der Waals surface area contributed by atoms with Crippen LogP contribution >= 0.6 is 0 Å². The van der Waals surface area contributed by atoms with Crippen LogP contribution in [0, 0.1) is 5.41 Å². The molecule has 1 rings (SSSR count). The molecular formula is C15H25NO3. The summed E-state index contributed by atoms with van der Waals surface area (Å²) in [5.41, 5.74) is 0.964. The van der Waals surface area contributed by atoms with Gasteiger partial charge >= 0.3 is 0 Å². The fourth-order valence-electron chi connectivity index (χ4n) is 2.06. The van der Waals surface area contributed by atoms with Gasteiger partial charge in [-0.3, -0.25) is 0 Å². The number of hydrogen-bond acceptors (Lipinski definition) is 4. The van der Waals surface area contributed by atoms with Crippen molar-refractivity contribution in [1.82, 2.24) is 5.32 Å². The Balaban J connectivity index is 2.57. The number of aromatic hydroxyl groups is 2. The maximum atomic E-state index is 9.47. The molecule has 0 saturated heterocycles. The van der Waals surface area contributed by atoms with E-state index in [0.717, 1.165) is 24.9 Å². The monoisotopic (exact) mass is 267 g/mol. The third-order valence-corrected chi connectivity index (χ3v) is 3.32. The first-order valence-corrected chi connectivity index (χ1v) is 6.71. The summed E-state index contributed by atoms with van der Waals surface area (Å²) in [5, 5.41) is 31.2. The lowest BCUT2D eigenvalue weighted by molar-refractivity contribution is 0.233. The molecule has 0 radical (unpaired) electrons. The maximum Gasteiger partial charge on any atom is 0.119 e. The summed E-state index contributed by atoms with van der Waals surface area (Å²) in [5.74, 6) is 0.145. The zero-order valence-electron chi connectivity index (χ0n) is 12.0. The molecular weight excluding hydrogens is 242 g/mol. The van der Waals surface area contributed by atoms with Crippen molar-refractivity contribution in [3.63, 3.8) is 0 Å². The number of rotatable bonds is 7. The van der Waals surface area contributed by atoms with Gasteiger partial charge in [-0.15, -0.1) is 0 Å². The highest BCUT2D eigenvalue weighted by Crippen LogP contribution is 2.26. The molecule has 0 aliphatic carbocycles. The Morgan fingerprint density at radius 2 is 1.74 bits per heavy atom. The highest BCUT2D eigenvalue weighted by Gasteiger charge is 2.18. The number of phenolic OH excluding ortho intramolecular Hbond substituents is 2. The number of aliphatic hydroxyl groups excluding tert-OH is 1. The molecule has 0 bridgehead atoms. The topological polar surface area (TPSA) is 72.7 Å². The maximum absolute atomic E-state index is 9.47. The first kappa shape index (κ1) is 15.8. The molecule has 1 atom stereocenters. The van der Waals surface area contributed by atoms with Gasteiger partial charge in [-0.25, -0.2) is 0 Å². The molecule has 4 nitrogen and oxygen atoms in total. The largest absolute Gasteiger partial charge is 0.508 e. The summed E-state index contributed by atoms with van der Waals surface area (Å²) in [4.78, 5) is 0. The molecule has 0 aliphatic rings. The van der Waals surface area contributed by atoms with E-state index in [2.05, 4.69) is 19.2 Å². The van der Waals surface area contributed by atoms with Crippen LogP contribution in [0.2, 0.25) is 0 Å². The predicted molar refractivity (Wildman–Crippen MR) is 76.3 cm³/mol. The molecule has 1 aromatic carbocycles. The van der Waals surface area contributed by atoms with Crippen molar-refractivity contribution in [3.8, 4) is 11.5 Å². The highest BCUT2D eigenvalue weighted by atomic mass is 16.3. The van der Waals surface area contributed by atoms with Gasteiger partial charge in [-0.1, -0.05) is 13.8 Å². The van der Waals surface area contributed by atoms with Crippen LogP contribution in [-0.2, 0) is 0 Å². The van der Waals surface area contributed by atoms with Crippen LogP contribution in [0.3, 0.4) is 0 Å². The summed E-state index contributed by atoms with van der Waals surface area (Å²) < 4.78 is 0. The molecule has 0 heterocycles. The molecule has 0 amide bonds. The second-order valence-electron chi connectivity index (χ2n) is 5.88. The fourth-order valence-corrected chi connectivity index (χ4v) is 2.06. The van der Waals surface area contributed by atoms with E-state index >= 15 is 0 Å². The van der Waals surface area contributed by atoms with Crippen molar-refractivity contribution in [2.75, 3.05) is 13.2 Å². The van der Waals surface area contributed by atoms with Crippen LogP contribution in [0.25, 0.3) is 0 Å². The highest BCUT2D eigenvalue weighted by molar-refractivity contribution is 5.37. The molecule has 0 saturated carbocycles. The van der Waals surface area contributed by atoms with Crippen molar-refractivity contribution < 1.29 is 15.3 Å². The minimum absolute atomic E-state index is 0.0476. The van der Waals surface area contributed by atoms with Gasteiger partial charge in [-0.05, 0) is 42.9 Å². The first-order chi connectivity index (χ1) is 8.84. The van der Waals surface area contributed by atoms with Crippen molar-refractivity contribution in [2.24, 2.45) is 5.41 Å². The van der Waals surface area contributed by atoms with Crippen LogP contribution in [0.15, 0.2) is 18.2 Å². The number of phenols is 2. The normalized spacial score (nSPS) is 13.5. The standard InChI is InChI=1S/C15H25NO3/c1-11(12-7-13(18)9-14(19)8-12)16-10-15(2,3)5-4-6-17/h7-9,11,16-19H,4-6,10H2,1-3H3. The van der Waals surface area contributed by atoms with Crippen LogP contribution in [0.5, 0.6) is 11.5 Å². The van der Waals surface area contributed by atoms with E-state index in [1.165, 1.54) is 6.07 Å². The van der Waals surface area contributed by atoms with Gasteiger partial charge < -0.3 is 20.6 Å². The Labute approximate surface area is 115 Å². The Bertz CT molecular complexity index is 384. The molecule has 19 heavy (non-hydrogen) atoms. The zero-order valence-corrected chi connectivity index (χ0v) is 12.0. The Morgan fingerprint density at radius 3 is 2.26 bits per heavy atom. The van der Waals surface area contributed by atoms with E-state index in [1.807, 2.05) is 6.92 Å². The van der Waals surface area contributed by atoms with E-state index in [1.54, 1.807) is 12.1 Å². The number of aliphatic hydroxyl groups is 1. The minimum atomic E-state index is 0.0476. The van der Waals surface area contributed by atoms with Crippen LogP contribution in [-0.4, -0.2) is 28.5 Å². The summed E-state index contributed by atoms with van der Waals surface area (Å²) in [6.45, 7) is 7.34. The summed E-state index contributed by atoms with van der Waals surface area (Å²) in [6, 6.07) is 4.67. The summed E-state index contributed by atoms with van der Waals surface area (Å²) in [6.07, 6.45) is 1.75. The number of hydrogen-bond donors (Lipinski definition) is 4. The van der Waals surface area contributed by atoms with Crippen molar-refractivity contribution in [1.29, 1.82) is 0 Å². The van der Waals surface area contributed by atoms with Gasteiger partial charge in [0.25, 0.3) is 0 Å². The quantitative estimate of drug-likeness (QED) is 0.612. The Kier molecular flexibility index (Phi) is 5.63. The minimum Gasteiger partial charge on any atom is -0.508 e. The number of nitrogens with one attached hydrogen (secondary N) is 1. The lowest BCUT2D eigenvalue weighted by Crippen LogP contribution is -2.31. The average Bonchev–Trinajstić information content (AvgIpc) is 2.32. The molecule has 0 fully saturated rings. The zero-order chi connectivity index (χ0) is 14.5. The smallest absolute Gasteiger partial charge is 0.119 e. The van der Waals surface area contributed by atoms with Crippen LogP contribution in [0.4, 0.5) is 0 Å². The molecule has 4 N–H and O–H groups in total. The van der Waals surface area contributed by atoms with Crippen molar-refractivity contribution in [2.45, 2.75) is 39.7 Å². The number of benzene rings is 1. The summed E-state index contributed by atoms with van der Waals surface area (Å²) >= 11 is 0. The molecule has 0 spiro atoms. The van der Waals surface area contributed by atoms with Crippen molar-refractivity contribution in [3.05, 3.63) is 23.8 Å². The van der Waals surface area contributed by atoms with E-state index < -0.39 is 0 Å². The second kappa shape index (κ2) is 6.78. The van der Waals surface area contributed by atoms with Gasteiger partial charge in [-0.2, -0.15) is 0 Å². The third kappa shape index (κ3) is 5.49. The van der Waals surface area contributed by atoms with E-state index in [9.17, 15) is 10.2 Å². The van der Waals surface area contributed by atoms with Crippen molar-refractivity contribution >= 4 is 0 Å². The molecule has 4 heteroatoms. The van der Waals surface area contributed by atoms with Gasteiger partial charge in [0, 0.05) is 25.3 Å². The van der Waals surface area contributed by atoms with E-state index in [0.29, 0.717) is 0 Å². The van der Waals surface area contributed by atoms with Crippen LogP contribution < -0.4 is 5.32 Å². The second-order valence-corrected chi connectivity index (χ2v) is 5.88. The molecule has 108 valence electrons. The Morgan fingerprint density at radius 1 is 1.16 bits per heavy atom. The molecule has 0 aliphatic heterocycles. The molecule has 0 aromatic heterocycles. The fraction of sp³-hybridized carbons (Fsp3) is 0.600. The van der Waals surface area contributed by atoms with Gasteiger partial charge in [0.2, 0.25) is 0 Å². The first-order valence-electron chi connectivity index (χ1n) is 6.71. The summed E-state index contributed by atoms with van der Waals surface area (Å²) in [7, 11) is 0. The lowest BCUT2D eigenvalue weighted by atomic mass is 9.87.